The summed E-state index contributed by atoms with van der Waals surface area (Å²) in [4.78, 5) is 19.1. The summed E-state index contributed by atoms with van der Waals surface area (Å²) in [5.41, 5.74) is 9.00. The van der Waals surface area contributed by atoms with E-state index < -0.39 is 0 Å². The van der Waals surface area contributed by atoms with Crippen molar-refractivity contribution >= 4 is 28.4 Å². The summed E-state index contributed by atoms with van der Waals surface area (Å²) in [6, 6.07) is 19.5. The van der Waals surface area contributed by atoms with Crippen LogP contribution in [0.4, 0.5) is 16.0 Å². The van der Waals surface area contributed by atoms with Crippen molar-refractivity contribution in [1.82, 2.24) is 19.9 Å². The van der Waals surface area contributed by atoms with Gasteiger partial charge in [-0.25, -0.2) is 19.3 Å². The van der Waals surface area contributed by atoms with E-state index in [0.29, 0.717) is 29.4 Å². The van der Waals surface area contributed by atoms with E-state index >= 15 is 0 Å². The van der Waals surface area contributed by atoms with Crippen LogP contribution in [0.15, 0.2) is 78.6 Å². The van der Waals surface area contributed by atoms with Crippen LogP contribution in [0, 0.1) is 11.2 Å². The predicted molar refractivity (Wildman–Crippen MR) is 148 cm³/mol. The number of nitrogens with zero attached hydrogens (tertiary/aromatic N) is 5. The maximum absolute atomic E-state index is 13.3. The lowest BCUT2D eigenvalue weighted by Crippen LogP contribution is -2.68. The van der Waals surface area contributed by atoms with Crippen molar-refractivity contribution in [1.29, 1.82) is 5.41 Å². The zero-order valence-corrected chi connectivity index (χ0v) is 21.1. The Morgan fingerprint density at radius 1 is 1.08 bits per heavy atom. The molecule has 7 rings (SSSR count). The summed E-state index contributed by atoms with van der Waals surface area (Å²) >= 11 is 0. The number of piperidine rings is 1. The Morgan fingerprint density at radius 3 is 2.55 bits per heavy atom. The molecule has 0 radical (unpaired) electrons. The first-order valence-electron chi connectivity index (χ1n) is 12.7. The van der Waals surface area contributed by atoms with Crippen molar-refractivity contribution in [3.8, 4) is 11.4 Å². The van der Waals surface area contributed by atoms with Gasteiger partial charge in [-0.15, -0.1) is 0 Å². The Kier molecular flexibility index (Phi) is 6.21. The standard InChI is InChI=1S/C29H29FN8/c1-18(31)12-26(32)35-29-24-4-2-3-5-25(24)34-28(36-29)20-8-11-27(33-14-20)37-16-22-13-23(17-37)38(22)15-19-6-9-21(30)10-7-19/h2-12,14,22-23H,13,15-17,31H2,1H3,(H2,32,34,35,36)/b18-12-. The topological polar surface area (TPSA) is 107 Å². The molecule has 4 aromatic rings. The van der Waals surface area contributed by atoms with Gasteiger partial charge in [0.2, 0.25) is 0 Å². The summed E-state index contributed by atoms with van der Waals surface area (Å²) in [6.45, 7) is 4.42. The summed E-state index contributed by atoms with van der Waals surface area (Å²) in [7, 11) is 0. The monoisotopic (exact) mass is 508 g/mol. The fraction of sp³-hybridized carbons (Fsp3) is 0.241. The third-order valence-corrected chi connectivity index (χ3v) is 7.18. The molecule has 0 amide bonds. The minimum Gasteiger partial charge on any atom is -0.402 e. The van der Waals surface area contributed by atoms with Crippen LogP contribution in [0.2, 0.25) is 0 Å². The second-order valence-corrected chi connectivity index (χ2v) is 9.99. The first kappa shape index (κ1) is 24.0. The second-order valence-electron chi connectivity index (χ2n) is 9.99. The molecule has 2 atom stereocenters. The van der Waals surface area contributed by atoms with Gasteiger partial charge in [0.1, 0.15) is 23.3 Å². The molecule has 8 nitrogen and oxygen atoms in total. The number of pyridine rings is 1. The van der Waals surface area contributed by atoms with Crippen molar-refractivity contribution < 1.29 is 4.39 Å². The predicted octanol–water partition coefficient (Wildman–Crippen LogP) is 4.55. The van der Waals surface area contributed by atoms with Gasteiger partial charge in [0, 0.05) is 54.6 Å². The lowest BCUT2D eigenvalue weighted by molar-refractivity contribution is -0.00869. The van der Waals surface area contributed by atoms with Gasteiger partial charge in [0.15, 0.2) is 5.82 Å². The quantitative estimate of drug-likeness (QED) is 0.259. The average Bonchev–Trinajstić information content (AvgIpc) is 2.92. The molecular weight excluding hydrogens is 479 g/mol. The van der Waals surface area contributed by atoms with E-state index in [1.165, 1.54) is 18.6 Å². The molecule has 0 aliphatic carbocycles. The van der Waals surface area contributed by atoms with Gasteiger partial charge in [-0.05, 0) is 61.4 Å². The molecule has 2 bridgehead atoms. The number of nitrogens with one attached hydrogen (secondary N) is 2. The normalized spacial score (nSPS) is 19.3. The van der Waals surface area contributed by atoms with Crippen LogP contribution in [0.3, 0.4) is 0 Å². The zero-order chi connectivity index (χ0) is 26.2. The van der Waals surface area contributed by atoms with E-state index in [0.717, 1.165) is 47.5 Å². The third kappa shape index (κ3) is 4.80. The van der Waals surface area contributed by atoms with Crippen LogP contribution in [-0.2, 0) is 6.54 Å². The first-order chi connectivity index (χ1) is 18.4. The molecule has 2 aromatic carbocycles. The molecule has 9 heteroatoms. The summed E-state index contributed by atoms with van der Waals surface area (Å²) in [6.07, 6.45) is 4.55. The number of hydrogen-bond acceptors (Lipinski definition) is 7. The molecule has 38 heavy (non-hydrogen) atoms. The average molecular weight is 509 g/mol. The molecule has 3 aliphatic rings. The van der Waals surface area contributed by atoms with Crippen LogP contribution < -0.4 is 16.0 Å². The fourth-order valence-corrected chi connectivity index (χ4v) is 5.33. The van der Waals surface area contributed by atoms with Crippen LogP contribution >= 0.6 is 0 Å². The molecule has 2 aromatic heterocycles. The van der Waals surface area contributed by atoms with E-state index in [4.69, 9.17) is 26.1 Å². The lowest BCUT2D eigenvalue weighted by Gasteiger charge is -2.56. The highest BCUT2D eigenvalue weighted by Gasteiger charge is 2.44. The van der Waals surface area contributed by atoms with E-state index in [1.807, 2.05) is 54.7 Å². The maximum Gasteiger partial charge on any atom is 0.163 e. The van der Waals surface area contributed by atoms with Crippen molar-refractivity contribution in [2.24, 2.45) is 5.73 Å². The fourth-order valence-electron chi connectivity index (χ4n) is 5.33. The van der Waals surface area contributed by atoms with Crippen molar-refractivity contribution in [2.45, 2.75) is 32.0 Å². The molecule has 3 saturated heterocycles. The number of hydrogen-bond donors (Lipinski definition) is 3. The van der Waals surface area contributed by atoms with Gasteiger partial charge in [0.05, 0.1) is 5.52 Å². The van der Waals surface area contributed by atoms with Gasteiger partial charge < -0.3 is 16.0 Å². The molecule has 0 spiro atoms. The van der Waals surface area contributed by atoms with E-state index in [2.05, 4.69) is 15.1 Å². The molecule has 3 aliphatic heterocycles. The molecule has 5 heterocycles. The Morgan fingerprint density at radius 2 is 1.84 bits per heavy atom. The number of anilines is 2. The molecule has 2 unspecified atom stereocenters. The number of halogens is 1. The number of para-hydroxylation sites is 1. The number of aromatic nitrogens is 3. The van der Waals surface area contributed by atoms with Crippen molar-refractivity contribution in [3.05, 3.63) is 90.0 Å². The Bertz CT molecular complexity index is 1500. The molecule has 3 fully saturated rings. The summed E-state index contributed by atoms with van der Waals surface area (Å²) in [5.74, 6) is 1.99. The number of fused-ring (bicyclic) bond motifs is 3. The van der Waals surface area contributed by atoms with Crippen LogP contribution in [0.25, 0.3) is 22.3 Å². The van der Waals surface area contributed by atoms with E-state index in [1.54, 1.807) is 13.0 Å². The van der Waals surface area contributed by atoms with Crippen LogP contribution in [0.5, 0.6) is 0 Å². The zero-order valence-electron chi connectivity index (χ0n) is 21.1. The van der Waals surface area contributed by atoms with Gasteiger partial charge in [-0.3, -0.25) is 10.3 Å². The molecule has 0 saturated carbocycles. The van der Waals surface area contributed by atoms with Gasteiger partial charge >= 0.3 is 0 Å². The minimum atomic E-state index is -0.196. The Hall–Kier alpha value is -4.37. The lowest BCUT2D eigenvalue weighted by atomic mass is 9.86. The van der Waals surface area contributed by atoms with Crippen LogP contribution in [-0.4, -0.2) is 50.9 Å². The van der Waals surface area contributed by atoms with Gasteiger partial charge in [0.25, 0.3) is 0 Å². The summed E-state index contributed by atoms with van der Waals surface area (Å²) in [5, 5.41) is 12.1. The van der Waals surface area contributed by atoms with Crippen LogP contribution in [0.1, 0.15) is 18.9 Å². The van der Waals surface area contributed by atoms with Crippen molar-refractivity contribution in [3.63, 3.8) is 0 Å². The first-order valence-corrected chi connectivity index (χ1v) is 12.7. The number of allylic oxidation sites excluding steroid dienone is 1. The largest absolute Gasteiger partial charge is 0.402 e. The molecular formula is C29H29FN8. The Balaban J connectivity index is 1.18. The maximum atomic E-state index is 13.3. The molecule has 192 valence electrons. The van der Waals surface area contributed by atoms with E-state index in [9.17, 15) is 4.39 Å². The number of piperazine rings is 1. The summed E-state index contributed by atoms with van der Waals surface area (Å²) < 4.78 is 13.3. The Labute approximate surface area is 220 Å². The smallest absolute Gasteiger partial charge is 0.163 e. The number of amidine groups is 1. The number of benzene rings is 2. The molecule has 4 N–H and O–H groups in total. The number of rotatable bonds is 6. The SMILES string of the molecule is C/C(N)=C/C(=N)Nc1nc(-c2ccc(N3CC4CC(C3)N4Cc3ccc(F)cc3)nc2)nc2ccccc12. The minimum absolute atomic E-state index is 0.158. The third-order valence-electron chi connectivity index (χ3n) is 7.18. The van der Waals surface area contributed by atoms with Crippen molar-refractivity contribution in [2.75, 3.05) is 23.3 Å². The second kappa shape index (κ2) is 9.83. The highest BCUT2D eigenvalue weighted by atomic mass is 19.1. The highest BCUT2D eigenvalue weighted by molar-refractivity contribution is 6.06. The van der Waals surface area contributed by atoms with E-state index in [-0.39, 0.29) is 11.7 Å². The van der Waals surface area contributed by atoms with Gasteiger partial charge in [-0.2, -0.15) is 0 Å². The highest BCUT2D eigenvalue weighted by Crippen LogP contribution is 2.35. The van der Waals surface area contributed by atoms with Gasteiger partial charge in [-0.1, -0.05) is 24.3 Å². The number of nitrogens with two attached hydrogens (primary N) is 1.